The van der Waals surface area contributed by atoms with Gasteiger partial charge in [-0.1, -0.05) is 30.7 Å². The highest BCUT2D eigenvalue weighted by molar-refractivity contribution is 7.92. The topological polar surface area (TPSA) is 66.5 Å². The van der Waals surface area contributed by atoms with Crippen molar-refractivity contribution in [2.75, 3.05) is 15.9 Å². The van der Waals surface area contributed by atoms with Crippen LogP contribution in [0.25, 0.3) is 0 Å². The second-order valence-electron chi connectivity index (χ2n) is 6.78. The minimum atomic E-state index is -3.71. The molecule has 0 heterocycles. The molecule has 0 radical (unpaired) electrons. The number of halogens is 1. The molecule has 0 aliphatic heterocycles. The van der Waals surface area contributed by atoms with Crippen LogP contribution in [0.4, 0.5) is 11.4 Å². The lowest BCUT2D eigenvalue weighted by Gasteiger charge is -2.31. The largest absolute Gasteiger partial charge is 0.324 e. The van der Waals surface area contributed by atoms with Crippen molar-refractivity contribution in [3.05, 3.63) is 58.1 Å². The van der Waals surface area contributed by atoms with Crippen LogP contribution in [-0.2, 0) is 14.8 Å². The summed E-state index contributed by atoms with van der Waals surface area (Å²) >= 11 is 6.08. The van der Waals surface area contributed by atoms with Crippen molar-refractivity contribution in [2.45, 2.75) is 40.2 Å². The monoisotopic (exact) mass is 408 g/mol. The van der Waals surface area contributed by atoms with Crippen molar-refractivity contribution in [3.8, 4) is 0 Å². The Morgan fingerprint density at radius 2 is 1.70 bits per heavy atom. The molecule has 0 unspecified atom stereocenters. The molecule has 7 heteroatoms. The second-order valence-corrected chi connectivity index (χ2v) is 9.08. The lowest BCUT2D eigenvalue weighted by molar-refractivity contribution is -0.117. The lowest BCUT2D eigenvalue weighted by atomic mass is 10.1. The third kappa shape index (κ3) is 5.23. The third-order valence-electron chi connectivity index (χ3n) is 4.23. The number of anilines is 2. The zero-order valence-electron chi connectivity index (χ0n) is 16.2. The van der Waals surface area contributed by atoms with Crippen LogP contribution in [0.2, 0.25) is 5.02 Å². The normalized spacial score (nSPS) is 12.5. The van der Waals surface area contributed by atoms with Gasteiger partial charge in [0.15, 0.2) is 0 Å². The summed E-state index contributed by atoms with van der Waals surface area (Å²) in [4.78, 5) is 13.0. The van der Waals surface area contributed by atoms with Gasteiger partial charge in [-0.05, 0) is 68.1 Å². The van der Waals surface area contributed by atoms with E-state index in [0.29, 0.717) is 22.8 Å². The van der Waals surface area contributed by atoms with Gasteiger partial charge in [0.1, 0.15) is 6.04 Å². The first-order valence-electron chi connectivity index (χ1n) is 8.67. The van der Waals surface area contributed by atoms with Crippen LogP contribution in [0.3, 0.4) is 0 Å². The maximum absolute atomic E-state index is 13.0. The second kappa shape index (κ2) is 8.31. The highest BCUT2D eigenvalue weighted by atomic mass is 35.5. The first kappa shape index (κ1) is 21.3. The molecule has 27 heavy (non-hydrogen) atoms. The molecule has 146 valence electrons. The molecule has 0 fully saturated rings. The maximum atomic E-state index is 13.0. The van der Waals surface area contributed by atoms with E-state index in [-0.39, 0.29) is 5.91 Å². The fourth-order valence-corrected chi connectivity index (χ4v) is 4.56. The Labute approximate surface area is 166 Å². The van der Waals surface area contributed by atoms with Gasteiger partial charge in [-0.2, -0.15) is 0 Å². The molecule has 0 aliphatic rings. The highest BCUT2D eigenvalue weighted by Crippen LogP contribution is 2.29. The van der Waals surface area contributed by atoms with E-state index in [4.69, 9.17) is 11.6 Å². The number of benzene rings is 2. The fraction of sp³-hybridized carbons (Fsp3) is 0.350. The first-order valence-corrected chi connectivity index (χ1v) is 10.9. The van der Waals surface area contributed by atoms with Gasteiger partial charge in [0.25, 0.3) is 0 Å². The van der Waals surface area contributed by atoms with Gasteiger partial charge in [0.05, 0.1) is 11.9 Å². The molecule has 1 N–H and O–H groups in total. The molecule has 1 atom stereocenters. The lowest BCUT2D eigenvalue weighted by Crippen LogP contribution is -2.47. The molecule has 5 nitrogen and oxygen atoms in total. The summed E-state index contributed by atoms with van der Waals surface area (Å²) in [6, 6.07) is 9.83. The average molecular weight is 409 g/mol. The van der Waals surface area contributed by atoms with E-state index < -0.39 is 16.1 Å². The Morgan fingerprint density at radius 1 is 1.11 bits per heavy atom. The van der Waals surface area contributed by atoms with Crippen LogP contribution in [0, 0.1) is 20.8 Å². The SMILES string of the molecule is CC[C@H](C(=O)Nc1cc(C)cc(C)c1)N(c1cc(Cl)ccc1C)S(C)(=O)=O. The number of rotatable bonds is 6. The zero-order valence-corrected chi connectivity index (χ0v) is 17.8. The summed E-state index contributed by atoms with van der Waals surface area (Å²) in [5.74, 6) is -0.382. The number of carbonyl (C=O) groups excluding carboxylic acids is 1. The number of hydrogen-bond acceptors (Lipinski definition) is 3. The maximum Gasteiger partial charge on any atom is 0.248 e. The Balaban J connectivity index is 2.46. The van der Waals surface area contributed by atoms with E-state index in [1.807, 2.05) is 32.0 Å². The minimum Gasteiger partial charge on any atom is -0.324 e. The van der Waals surface area contributed by atoms with Crippen molar-refractivity contribution in [1.29, 1.82) is 0 Å². The van der Waals surface area contributed by atoms with Crippen LogP contribution in [-0.4, -0.2) is 26.6 Å². The number of aryl methyl sites for hydroxylation is 3. The van der Waals surface area contributed by atoms with Gasteiger partial charge >= 0.3 is 0 Å². The zero-order chi connectivity index (χ0) is 20.4. The number of carbonyl (C=O) groups is 1. The standard InChI is InChI=1S/C20H25ClN2O3S/c1-6-18(20(24)22-17-10-13(2)9-14(3)11-17)23(27(5,25)26)19-12-16(21)8-7-15(19)4/h7-12,18H,6H2,1-5H3,(H,22,24)/t18-/m1/s1. The van der Waals surface area contributed by atoms with E-state index >= 15 is 0 Å². The van der Waals surface area contributed by atoms with Crippen molar-refractivity contribution < 1.29 is 13.2 Å². The van der Waals surface area contributed by atoms with Crippen molar-refractivity contribution in [3.63, 3.8) is 0 Å². The minimum absolute atomic E-state index is 0.315. The predicted molar refractivity (Wildman–Crippen MR) is 112 cm³/mol. The van der Waals surface area contributed by atoms with Gasteiger partial charge in [-0.3, -0.25) is 9.10 Å². The molecule has 2 aromatic carbocycles. The molecule has 2 rings (SSSR count). The number of hydrogen-bond donors (Lipinski definition) is 1. The van der Waals surface area contributed by atoms with Gasteiger partial charge < -0.3 is 5.32 Å². The quantitative estimate of drug-likeness (QED) is 0.767. The summed E-state index contributed by atoms with van der Waals surface area (Å²) in [6.07, 6.45) is 1.41. The molecule has 0 aliphatic carbocycles. The molecule has 2 aromatic rings. The molecular weight excluding hydrogens is 384 g/mol. The molecule has 0 aromatic heterocycles. The Kier molecular flexibility index (Phi) is 6.54. The Bertz CT molecular complexity index is 937. The van der Waals surface area contributed by atoms with E-state index in [0.717, 1.165) is 27.3 Å². The van der Waals surface area contributed by atoms with Crippen molar-refractivity contribution in [2.24, 2.45) is 0 Å². The summed E-state index contributed by atoms with van der Waals surface area (Å²) < 4.78 is 26.3. The summed E-state index contributed by atoms with van der Waals surface area (Å²) in [6.45, 7) is 7.46. The molecule has 1 amide bonds. The van der Waals surface area contributed by atoms with Gasteiger partial charge in [-0.15, -0.1) is 0 Å². The van der Waals surface area contributed by atoms with E-state index in [1.54, 1.807) is 32.0 Å². The number of nitrogens with one attached hydrogen (secondary N) is 1. The van der Waals surface area contributed by atoms with Crippen LogP contribution in [0.5, 0.6) is 0 Å². The smallest absolute Gasteiger partial charge is 0.248 e. The van der Waals surface area contributed by atoms with Gasteiger partial charge in [0, 0.05) is 10.7 Å². The van der Waals surface area contributed by atoms with Crippen molar-refractivity contribution >= 4 is 38.9 Å². The number of sulfonamides is 1. The van der Waals surface area contributed by atoms with Crippen LogP contribution < -0.4 is 9.62 Å². The van der Waals surface area contributed by atoms with Crippen LogP contribution in [0.1, 0.15) is 30.0 Å². The third-order valence-corrected chi connectivity index (χ3v) is 5.63. The molecule has 0 bridgehead atoms. The molecular formula is C20H25ClN2O3S. The highest BCUT2D eigenvalue weighted by Gasteiger charge is 2.32. The van der Waals surface area contributed by atoms with E-state index in [1.165, 1.54) is 0 Å². The van der Waals surface area contributed by atoms with Crippen LogP contribution >= 0.6 is 11.6 Å². The predicted octanol–water partition coefficient (Wildman–Crippen LogP) is 4.45. The Hall–Kier alpha value is -2.05. The average Bonchev–Trinajstić information content (AvgIpc) is 2.52. The van der Waals surface area contributed by atoms with E-state index in [9.17, 15) is 13.2 Å². The molecule has 0 spiro atoms. The number of nitrogens with zero attached hydrogens (tertiary/aromatic N) is 1. The van der Waals surface area contributed by atoms with Crippen LogP contribution in [0.15, 0.2) is 36.4 Å². The molecule has 0 saturated carbocycles. The number of amides is 1. The summed E-state index contributed by atoms with van der Waals surface area (Å²) in [5.41, 5.74) is 3.81. The summed E-state index contributed by atoms with van der Waals surface area (Å²) in [7, 11) is -3.71. The van der Waals surface area contributed by atoms with Gasteiger partial charge in [0.2, 0.25) is 15.9 Å². The Morgan fingerprint density at radius 3 is 2.22 bits per heavy atom. The van der Waals surface area contributed by atoms with Crippen molar-refractivity contribution in [1.82, 2.24) is 0 Å². The fourth-order valence-electron chi connectivity index (χ4n) is 3.13. The first-order chi connectivity index (χ1) is 12.5. The van der Waals surface area contributed by atoms with E-state index in [2.05, 4.69) is 5.32 Å². The van der Waals surface area contributed by atoms with Gasteiger partial charge in [-0.25, -0.2) is 8.42 Å². The molecule has 0 saturated heterocycles. The summed E-state index contributed by atoms with van der Waals surface area (Å²) in [5, 5.41) is 3.26.